The van der Waals surface area contributed by atoms with E-state index < -0.39 is 26.0 Å². The number of carbonyl (C=O) groups is 1. The Morgan fingerprint density at radius 3 is 1.67 bits per heavy atom. The molecule has 3 aromatic carbocycles. The molecule has 0 bridgehead atoms. The minimum Gasteiger partial charge on any atom is -0.465 e. The highest BCUT2D eigenvalue weighted by atomic mass is 32.3. The average molecular weight is 446 g/mol. The van der Waals surface area contributed by atoms with Gasteiger partial charge in [-0.15, -0.1) is 0 Å². The van der Waals surface area contributed by atoms with Crippen LogP contribution in [0.4, 0.5) is 5.69 Å². The van der Waals surface area contributed by atoms with Crippen molar-refractivity contribution in [2.45, 2.75) is 16.7 Å². The molecule has 9 heteroatoms. The Morgan fingerprint density at radius 2 is 1.23 bits per heavy atom. The number of esters is 1. The lowest BCUT2D eigenvalue weighted by Crippen LogP contribution is -2.37. The summed E-state index contributed by atoms with van der Waals surface area (Å²) in [5.74, 6) is -0.717. The van der Waals surface area contributed by atoms with Crippen LogP contribution in [0.1, 0.15) is 15.9 Å². The van der Waals surface area contributed by atoms with Crippen LogP contribution in [-0.2, 0) is 24.8 Å². The van der Waals surface area contributed by atoms with Crippen molar-refractivity contribution in [3.8, 4) is 0 Å². The van der Waals surface area contributed by atoms with E-state index in [1.807, 2.05) is 0 Å². The molecular formula is C21H19NO6S2. The van der Waals surface area contributed by atoms with Gasteiger partial charge in [0.2, 0.25) is 0 Å². The average Bonchev–Trinajstić information content (AvgIpc) is 2.75. The molecule has 156 valence electrons. The number of carbonyl (C=O) groups excluding carboxylic acids is 1. The standard InChI is InChI=1S/C21H19NO6S2/c1-16-13-14-17(21(23)28-2)15-20(16)22(29(24,25)18-9-5-3-6-10-18)30(26,27)19-11-7-4-8-12-19/h3-15H,1-2H3. The molecule has 3 aromatic rings. The van der Waals surface area contributed by atoms with Crippen LogP contribution in [-0.4, -0.2) is 29.9 Å². The normalized spacial score (nSPS) is 11.7. The van der Waals surface area contributed by atoms with E-state index in [4.69, 9.17) is 4.74 Å². The zero-order valence-corrected chi connectivity index (χ0v) is 17.9. The highest BCUT2D eigenvalue weighted by Crippen LogP contribution is 2.33. The summed E-state index contributed by atoms with van der Waals surface area (Å²) >= 11 is 0. The maximum atomic E-state index is 13.5. The Bertz CT molecular complexity index is 1200. The molecule has 30 heavy (non-hydrogen) atoms. The van der Waals surface area contributed by atoms with Crippen LogP contribution in [0.15, 0.2) is 88.7 Å². The number of hydrogen-bond donors (Lipinski definition) is 0. The predicted octanol–water partition coefficient (Wildman–Crippen LogP) is 3.37. The van der Waals surface area contributed by atoms with E-state index in [-0.39, 0.29) is 21.0 Å². The van der Waals surface area contributed by atoms with Crippen molar-refractivity contribution in [1.29, 1.82) is 0 Å². The number of hydrogen-bond acceptors (Lipinski definition) is 6. The van der Waals surface area contributed by atoms with E-state index in [0.29, 0.717) is 9.27 Å². The fraction of sp³-hybridized carbons (Fsp3) is 0.0952. The number of nitrogens with zero attached hydrogens (tertiary/aromatic N) is 1. The van der Waals surface area contributed by atoms with Crippen LogP contribution in [0, 0.1) is 6.92 Å². The minimum atomic E-state index is -4.54. The Hall–Kier alpha value is -3.17. The molecule has 0 amide bonds. The molecule has 0 spiro atoms. The molecule has 0 unspecified atom stereocenters. The maximum absolute atomic E-state index is 13.5. The third-order valence-electron chi connectivity index (χ3n) is 4.35. The second-order valence-electron chi connectivity index (χ2n) is 6.33. The van der Waals surface area contributed by atoms with Crippen LogP contribution in [0.2, 0.25) is 0 Å². The number of aryl methyl sites for hydroxylation is 1. The highest BCUT2D eigenvalue weighted by molar-refractivity contribution is 8.10. The van der Waals surface area contributed by atoms with E-state index in [0.717, 1.165) is 0 Å². The van der Waals surface area contributed by atoms with Gasteiger partial charge in [-0.25, -0.2) is 21.6 Å². The fourth-order valence-electron chi connectivity index (χ4n) is 2.82. The summed E-state index contributed by atoms with van der Waals surface area (Å²) in [5, 5.41) is 0. The lowest BCUT2D eigenvalue weighted by Gasteiger charge is -2.26. The monoisotopic (exact) mass is 445 g/mol. The van der Waals surface area contributed by atoms with Gasteiger partial charge in [-0.3, -0.25) is 0 Å². The minimum absolute atomic E-state index is 0.0228. The first-order valence-electron chi connectivity index (χ1n) is 8.79. The largest absolute Gasteiger partial charge is 0.465 e. The number of methoxy groups -OCH3 is 1. The summed E-state index contributed by atoms with van der Waals surface area (Å²) in [7, 11) is -7.90. The summed E-state index contributed by atoms with van der Waals surface area (Å²) in [5.41, 5.74) is 0.210. The van der Waals surface area contributed by atoms with Crippen LogP contribution in [0.25, 0.3) is 0 Å². The molecule has 7 nitrogen and oxygen atoms in total. The summed E-state index contributed by atoms with van der Waals surface area (Å²) in [6.07, 6.45) is 0. The zero-order chi connectivity index (χ0) is 21.9. The summed E-state index contributed by atoms with van der Waals surface area (Å²) in [6.45, 7) is 1.56. The van der Waals surface area contributed by atoms with Gasteiger partial charge in [0, 0.05) is 0 Å². The van der Waals surface area contributed by atoms with Crippen LogP contribution >= 0.6 is 0 Å². The van der Waals surface area contributed by atoms with Crippen molar-refractivity contribution in [2.75, 3.05) is 10.8 Å². The highest BCUT2D eigenvalue weighted by Gasteiger charge is 2.38. The Balaban J connectivity index is 2.34. The number of ether oxygens (including phenoxy) is 1. The molecule has 0 aromatic heterocycles. The number of rotatable bonds is 6. The summed E-state index contributed by atoms with van der Waals surface area (Å²) in [6, 6.07) is 18.6. The van der Waals surface area contributed by atoms with Crippen molar-refractivity contribution < 1.29 is 26.4 Å². The third-order valence-corrected chi connectivity index (χ3v) is 8.53. The Morgan fingerprint density at radius 1 is 0.767 bits per heavy atom. The zero-order valence-electron chi connectivity index (χ0n) is 16.2. The van der Waals surface area contributed by atoms with Crippen LogP contribution < -0.4 is 3.71 Å². The van der Waals surface area contributed by atoms with Crippen molar-refractivity contribution in [3.05, 3.63) is 90.0 Å². The van der Waals surface area contributed by atoms with E-state index in [2.05, 4.69) is 0 Å². The van der Waals surface area contributed by atoms with E-state index in [9.17, 15) is 21.6 Å². The molecule has 0 saturated heterocycles. The van der Waals surface area contributed by atoms with Crippen molar-refractivity contribution in [3.63, 3.8) is 0 Å². The Kier molecular flexibility index (Phi) is 5.95. The maximum Gasteiger partial charge on any atom is 0.337 e. The SMILES string of the molecule is COC(=O)c1ccc(C)c(N(S(=O)(=O)c2ccccc2)S(=O)(=O)c2ccccc2)c1. The third kappa shape index (κ3) is 3.94. The fourth-order valence-corrected chi connectivity index (χ4v) is 6.66. The van der Waals surface area contributed by atoms with Crippen LogP contribution in [0.3, 0.4) is 0 Å². The molecule has 0 atom stereocenters. The lowest BCUT2D eigenvalue weighted by molar-refractivity contribution is 0.0600. The molecule has 0 radical (unpaired) electrons. The topological polar surface area (TPSA) is 97.8 Å². The molecule has 3 rings (SSSR count). The van der Waals surface area contributed by atoms with Crippen molar-refractivity contribution in [2.24, 2.45) is 0 Å². The molecule has 0 heterocycles. The number of anilines is 1. The first kappa shape index (κ1) is 21.5. The van der Waals surface area contributed by atoms with Gasteiger partial charge in [0.1, 0.15) is 0 Å². The van der Waals surface area contributed by atoms with E-state index in [1.165, 1.54) is 73.8 Å². The van der Waals surface area contributed by atoms with E-state index in [1.54, 1.807) is 19.1 Å². The molecule has 0 aliphatic heterocycles. The molecular weight excluding hydrogens is 426 g/mol. The first-order chi connectivity index (χ1) is 14.2. The molecule has 0 aliphatic carbocycles. The summed E-state index contributed by atoms with van der Waals surface area (Å²) < 4.78 is 59.0. The smallest absolute Gasteiger partial charge is 0.337 e. The van der Waals surface area contributed by atoms with Gasteiger partial charge in [0.15, 0.2) is 0 Å². The molecule has 0 saturated carbocycles. The number of benzene rings is 3. The van der Waals surface area contributed by atoms with Crippen molar-refractivity contribution >= 4 is 31.7 Å². The molecule has 0 N–H and O–H groups in total. The Labute approximate surface area is 175 Å². The van der Waals surface area contributed by atoms with E-state index >= 15 is 0 Å². The van der Waals surface area contributed by atoms with Gasteiger partial charge in [0.05, 0.1) is 28.2 Å². The summed E-state index contributed by atoms with van der Waals surface area (Å²) in [4.78, 5) is 11.6. The van der Waals surface area contributed by atoms with Gasteiger partial charge in [-0.05, 0) is 48.9 Å². The van der Waals surface area contributed by atoms with Crippen LogP contribution in [0.5, 0.6) is 0 Å². The lowest BCUT2D eigenvalue weighted by atomic mass is 10.1. The number of sulfonamides is 2. The van der Waals surface area contributed by atoms with Gasteiger partial charge in [0.25, 0.3) is 20.0 Å². The van der Waals surface area contributed by atoms with Gasteiger partial charge in [-0.2, -0.15) is 3.71 Å². The van der Waals surface area contributed by atoms with Gasteiger partial charge >= 0.3 is 5.97 Å². The molecule has 0 aliphatic rings. The second kappa shape index (κ2) is 8.29. The predicted molar refractivity (Wildman–Crippen MR) is 112 cm³/mol. The molecule has 0 fully saturated rings. The van der Waals surface area contributed by atoms with Gasteiger partial charge < -0.3 is 4.74 Å². The second-order valence-corrected chi connectivity index (χ2v) is 10.1. The van der Waals surface area contributed by atoms with Gasteiger partial charge in [-0.1, -0.05) is 42.5 Å². The van der Waals surface area contributed by atoms with Crippen molar-refractivity contribution in [1.82, 2.24) is 0 Å². The quantitative estimate of drug-likeness (QED) is 0.540. The first-order valence-corrected chi connectivity index (χ1v) is 11.7.